The van der Waals surface area contributed by atoms with Gasteiger partial charge in [0.15, 0.2) is 17.4 Å². The van der Waals surface area contributed by atoms with Crippen molar-refractivity contribution in [2.45, 2.75) is 77.7 Å². The molecule has 47 heavy (non-hydrogen) atoms. The van der Waals surface area contributed by atoms with E-state index < -0.39 is 66.1 Å². The molecule has 0 aliphatic carbocycles. The van der Waals surface area contributed by atoms with E-state index in [0.29, 0.717) is 0 Å². The van der Waals surface area contributed by atoms with Crippen molar-refractivity contribution in [3.8, 4) is 0 Å². The molecule has 0 saturated carbocycles. The fourth-order valence-electron chi connectivity index (χ4n) is 4.54. The number of nitrogens with zero attached hydrogens (tertiary/aromatic N) is 3. The molecule has 1 aliphatic heterocycles. The largest absolute Gasteiger partial charge is 0.459 e. The SMILES string of the molecule is CC(C)(C)OC(=O)C(C)(C)C(=O)SCCOP(=O)(NCc1ccccc1)OC[C@H]1O[C@@H](n2cnc3c(=O)[nH]c(N)nc32)[C@](C)(O)[C@@H]1O. The number of rotatable bonds is 13. The van der Waals surface area contributed by atoms with Crippen molar-refractivity contribution in [2.24, 2.45) is 5.41 Å². The number of carbonyl (C=O) groups is 2. The first-order valence-corrected chi connectivity index (χ1v) is 17.2. The molecule has 1 fully saturated rings. The van der Waals surface area contributed by atoms with Crippen molar-refractivity contribution < 1.29 is 42.9 Å². The summed E-state index contributed by atoms with van der Waals surface area (Å²) < 4.78 is 37.8. The van der Waals surface area contributed by atoms with Gasteiger partial charge in [-0.2, -0.15) is 4.98 Å². The van der Waals surface area contributed by atoms with E-state index in [1.807, 2.05) is 6.07 Å². The lowest BCUT2D eigenvalue weighted by Crippen LogP contribution is -2.44. The lowest BCUT2D eigenvalue weighted by Gasteiger charge is -2.27. The molecule has 18 heteroatoms. The number of aliphatic hydroxyl groups is 2. The number of H-pyrrole nitrogens is 1. The number of benzene rings is 1. The maximum atomic E-state index is 13.9. The number of ether oxygens (including phenoxy) is 2. The number of nitrogens with two attached hydrogens (primary N) is 1. The Morgan fingerprint density at radius 2 is 1.89 bits per heavy atom. The Balaban J connectivity index is 1.44. The summed E-state index contributed by atoms with van der Waals surface area (Å²) in [6, 6.07) is 9.04. The minimum absolute atomic E-state index is 0.0192. The molecular formula is C29H41N6O10PS. The van der Waals surface area contributed by atoms with Crippen LogP contribution in [0.25, 0.3) is 11.2 Å². The highest BCUT2D eigenvalue weighted by Gasteiger charge is 2.54. The number of anilines is 1. The summed E-state index contributed by atoms with van der Waals surface area (Å²) >= 11 is 0.823. The highest BCUT2D eigenvalue weighted by Crippen LogP contribution is 2.47. The second-order valence-corrected chi connectivity index (χ2v) is 15.6. The van der Waals surface area contributed by atoms with Gasteiger partial charge in [-0.1, -0.05) is 42.1 Å². The van der Waals surface area contributed by atoms with Crippen molar-refractivity contribution in [3.05, 3.63) is 52.6 Å². The van der Waals surface area contributed by atoms with Crippen molar-refractivity contribution in [2.75, 3.05) is 24.7 Å². The maximum absolute atomic E-state index is 13.9. The highest BCUT2D eigenvalue weighted by atomic mass is 32.2. The van der Waals surface area contributed by atoms with Crippen LogP contribution in [0.1, 0.15) is 53.3 Å². The zero-order valence-corrected chi connectivity index (χ0v) is 28.7. The van der Waals surface area contributed by atoms with Crippen molar-refractivity contribution in [3.63, 3.8) is 0 Å². The van der Waals surface area contributed by atoms with Crippen LogP contribution in [0.3, 0.4) is 0 Å². The smallest absolute Gasteiger partial charge is 0.405 e. The van der Waals surface area contributed by atoms with Crippen LogP contribution in [0.5, 0.6) is 0 Å². The molecule has 0 radical (unpaired) electrons. The molecule has 1 saturated heterocycles. The van der Waals surface area contributed by atoms with E-state index in [1.165, 1.54) is 31.7 Å². The number of fused-ring (bicyclic) bond motifs is 1. The van der Waals surface area contributed by atoms with Crippen LogP contribution in [0.15, 0.2) is 41.5 Å². The first-order valence-electron chi connectivity index (χ1n) is 14.7. The lowest BCUT2D eigenvalue weighted by molar-refractivity contribution is -0.166. The lowest BCUT2D eigenvalue weighted by atomic mass is 9.95. The third-order valence-electron chi connectivity index (χ3n) is 7.18. The molecule has 1 unspecified atom stereocenters. The molecule has 258 valence electrons. The minimum Gasteiger partial charge on any atom is -0.459 e. The van der Waals surface area contributed by atoms with Gasteiger partial charge in [0.25, 0.3) is 5.56 Å². The molecule has 16 nitrogen and oxygen atoms in total. The number of hydrogen-bond donors (Lipinski definition) is 5. The highest BCUT2D eigenvalue weighted by molar-refractivity contribution is 8.13. The summed E-state index contributed by atoms with van der Waals surface area (Å²) in [5.41, 5.74) is 1.71. The summed E-state index contributed by atoms with van der Waals surface area (Å²) in [6.07, 6.45) is -2.82. The van der Waals surface area contributed by atoms with E-state index in [2.05, 4.69) is 20.0 Å². The number of carbonyl (C=O) groups excluding carboxylic acids is 2. The number of aromatic amines is 1. The summed E-state index contributed by atoms with van der Waals surface area (Å²) in [6.45, 7) is 8.77. The zero-order valence-electron chi connectivity index (χ0n) is 27.0. The second kappa shape index (κ2) is 14.1. The van der Waals surface area contributed by atoms with Crippen LogP contribution in [-0.4, -0.2) is 83.2 Å². The molecule has 3 heterocycles. The Labute approximate surface area is 275 Å². The Hall–Kier alpha value is -3.15. The summed E-state index contributed by atoms with van der Waals surface area (Å²) in [4.78, 5) is 48.1. The van der Waals surface area contributed by atoms with Crippen LogP contribution in [0.4, 0.5) is 5.95 Å². The number of nitrogen functional groups attached to an aromatic ring is 1. The van der Waals surface area contributed by atoms with E-state index >= 15 is 0 Å². The van der Waals surface area contributed by atoms with Gasteiger partial charge in [0, 0.05) is 12.3 Å². The fourth-order valence-corrected chi connectivity index (χ4v) is 6.77. The van der Waals surface area contributed by atoms with E-state index in [1.54, 1.807) is 45.0 Å². The van der Waals surface area contributed by atoms with Gasteiger partial charge < -0.3 is 25.4 Å². The quantitative estimate of drug-likeness (QED) is 0.0747. The van der Waals surface area contributed by atoms with Crippen molar-refractivity contribution in [1.29, 1.82) is 0 Å². The Morgan fingerprint density at radius 3 is 2.55 bits per heavy atom. The second-order valence-electron chi connectivity index (χ2n) is 12.7. The predicted octanol–water partition coefficient (Wildman–Crippen LogP) is 2.27. The molecule has 3 aromatic rings. The van der Waals surface area contributed by atoms with Gasteiger partial charge in [0.2, 0.25) is 11.1 Å². The summed E-state index contributed by atoms with van der Waals surface area (Å²) in [7, 11) is -4.12. The van der Waals surface area contributed by atoms with Crippen molar-refractivity contribution >= 4 is 47.7 Å². The standard InChI is InChI=1S/C29H41N6O10PS/c1-27(2,3)45-24(38)28(4,5)25(39)47-13-12-42-46(41,32-14-17-10-8-7-9-11-17)43-15-18-20(36)29(6,40)23(44-18)35-16-31-19-21(35)33-26(30)34-22(19)37/h7-11,16,18,20,23,36,40H,12-15H2,1-6H3,(H,32,41)(H3,30,33,34,37)/t18-,20-,23-,29-,46?/m1/s1. The molecule has 6 N–H and O–H groups in total. The molecular weight excluding hydrogens is 655 g/mol. The molecule has 0 amide bonds. The number of hydrogen-bond acceptors (Lipinski definition) is 14. The van der Waals surface area contributed by atoms with Gasteiger partial charge in [-0.25, -0.2) is 14.6 Å². The number of imidazole rings is 1. The van der Waals surface area contributed by atoms with Crippen molar-refractivity contribution in [1.82, 2.24) is 24.6 Å². The van der Waals surface area contributed by atoms with Crippen LogP contribution in [0, 0.1) is 5.41 Å². The van der Waals surface area contributed by atoms with E-state index in [4.69, 9.17) is 24.3 Å². The van der Waals surface area contributed by atoms with Gasteiger partial charge >= 0.3 is 13.7 Å². The predicted molar refractivity (Wildman–Crippen MR) is 173 cm³/mol. The molecule has 5 atom stereocenters. The van der Waals surface area contributed by atoms with E-state index in [0.717, 1.165) is 17.3 Å². The van der Waals surface area contributed by atoms with Crippen LogP contribution < -0.4 is 16.4 Å². The third-order valence-corrected chi connectivity index (χ3v) is 9.88. The van der Waals surface area contributed by atoms with Gasteiger partial charge in [0.1, 0.15) is 28.8 Å². The summed E-state index contributed by atoms with van der Waals surface area (Å²) in [5, 5.41) is 24.6. The van der Waals surface area contributed by atoms with Gasteiger partial charge in [-0.15, -0.1) is 0 Å². The Kier molecular flexibility index (Phi) is 11.0. The van der Waals surface area contributed by atoms with Gasteiger partial charge in [-0.05, 0) is 47.1 Å². The molecule has 0 bridgehead atoms. The monoisotopic (exact) mass is 696 g/mol. The number of aliphatic hydroxyl groups excluding tert-OH is 1. The van der Waals surface area contributed by atoms with Crippen LogP contribution in [0.2, 0.25) is 0 Å². The fraction of sp³-hybridized carbons (Fsp3) is 0.552. The maximum Gasteiger partial charge on any atom is 0.405 e. The first-order chi connectivity index (χ1) is 21.8. The molecule has 2 aromatic heterocycles. The van der Waals surface area contributed by atoms with Gasteiger partial charge in [-0.3, -0.25) is 33.0 Å². The Morgan fingerprint density at radius 1 is 1.21 bits per heavy atom. The molecule has 4 rings (SSSR count). The number of aromatic nitrogens is 4. The number of esters is 1. The molecule has 1 aliphatic rings. The minimum atomic E-state index is -4.12. The molecule has 1 aromatic carbocycles. The van der Waals surface area contributed by atoms with Crippen LogP contribution >= 0.6 is 19.5 Å². The number of nitrogens with one attached hydrogen (secondary N) is 2. The van der Waals surface area contributed by atoms with E-state index in [-0.39, 0.29) is 36.0 Å². The normalized spacial score (nSPS) is 23.1. The van der Waals surface area contributed by atoms with Gasteiger partial charge in [0.05, 0.1) is 19.5 Å². The average molecular weight is 697 g/mol. The van der Waals surface area contributed by atoms with E-state index in [9.17, 15) is 29.2 Å². The van der Waals surface area contributed by atoms with Crippen LogP contribution in [-0.2, 0) is 39.2 Å². The average Bonchev–Trinajstić information content (AvgIpc) is 3.50. The number of thioether (sulfide) groups is 1. The Bertz CT molecular complexity index is 1690. The summed E-state index contributed by atoms with van der Waals surface area (Å²) in [5.74, 6) is -0.813. The third kappa shape index (κ3) is 8.66. The zero-order chi connectivity index (χ0) is 34.8. The topological polar surface area (TPSA) is 230 Å². The first kappa shape index (κ1) is 36.7. The molecule has 0 spiro atoms.